The van der Waals surface area contributed by atoms with E-state index in [1.54, 1.807) is 24.6 Å². The van der Waals surface area contributed by atoms with E-state index in [9.17, 15) is 8.42 Å². The molecule has 0 aliphatic carbocycles. The van der Waals surface area contributed by atoms with Crippen molar-refractivity contribution in [2.24, 2.45) is 0 Å². The maximum atomic E-state index is 15.5. The molecule has 2 heterocycles. The number of benzene rings is 3. The van der Waals surface area contributed by atoms with Crippen molar-refractivity contribution < 1.29 is 17.5 Å². The smallest absolute Gasteiger partial charge is 0.269 e. The van der Waals surface area contributed by atoms with E-state index < -0.39 is 20.7 Å². The molecule has 40 heavy (non-hydrogen) atoms. The molecule has 4 aromatic rings. The second-order valence-corrected chi connectivity index (χ2v) is 12.7. The topological polar surface area (TPSA) is 74.8 Å². The molecule has 5 rings (SSSR count). The first-order chi connectivity index (χ1) is 19.3. The molecule has 0 bridgehead atoms. The van der Waals surface area contributed by atoms with Gasteiger partial charge >= 0.3 is 0 Å². The van der Waals surface area contributed by atoms with Crippen LogP contribution in [0.5, 0.6) is 5.75 Å². The van der Waals surface area contributed by atoms with Crippen LogP contribution in [0.4, 0.5) is 15.2 Å². The summed E-state index contributed by atoms with van der Waals surface area (Å²) in [5.41, 5.74) is 4.17. The van der Waals surface area contributed by atoms with E-state index in [0.717, 1.165) is 58.0 Å². The van der Waals surface area contributed by atoms with Gasteiger partial charge in [0.2, 0.25) is 0 Å². The van der Waals surface area contributed by atoms with Gasteiger partial charge in [0.05, 0.1) is 24.4 Å². The summed E-state index contributed by atoms with van der Waals surface area (Å²) >= 11 is 7.69. The molecule has 0 amide bonds. The first kappa shape index (κ1) is 28.4. The lowest BCUT2D eigenvalue weighted by Crippen LogP contribution is -2.36. The van der Waals surface area contributed by atoms with Crippen LogP contribution in [-0.4, -0.2) is 38.5 Å². The molecule has 1 aliphatic rings. The van der Waals surface area contributed by atoms with Crippen LogP contribution in [0, 0.1) is 12.7 Å². The van der Waals surface area contributed by atoms with Gasteiger partial charge in [0.1, 0.15) is 16.5 Å². The number of ether oxygens (including phenoxy) is 1. The number of hydrogen-bond acceptors (Lipinski definition) is 7. The number of anilines is 2. The average molecular weight is 601 g/mol. The highest BCUT2D eigenvalue weighted by Crippen LogP contribution is 2.34. The number of thiazole rings is 1. The molecule has 7 nitrogen and oxygen atoms in total. The molecule has 1 fully saturated rings. The van der Waals surface area contributed by atoms with Gasteiger partial charge in [-0.2, -0.15) is 0 Å². The monoisotopic (exact) mass is 600 g/mol. The fourth-order valence-electron chi connectivity index (χ4n) is 4.56. The van der Waals surface area contributed by atoms with Crippen LogP contribution in [0.1, 0.15) is 28.7 Å². The molecule has 0 radical (unpaired) electrons. The van der Waals surface area contributed by atoms with Gasteiger partial charge in [0.15, 0.2) is 5.13 Å². The van der Waals surface area contributed by atoms with E-state index in [-0.39, 0.29) is 16.7 Å². The maximum absolute atomic E-state index is 15.5. The fraction of sp³-hybridized carbons (Fsp3) is 0.276. The van der Waals surface area contributed by atoms with Gasteiger partial charge < -0.3 is 10.1 Å². The molecule has 0 unspecified atom stereocenters. The normalized spacial score (nSPS) is 13.6. The standard InChI is InChI=1S/C29H30ClFN4O3S2/c1-20-14-24(38-2)9-8-22(20)19-35(29-32-10-13-39-29)40(36,37)28-15-25(30)27(16-26(28)31)33-17-21-6-3-4-7-23(21)18-34-11-5-12-34/h3-4,6-10,13-16,33H,5,11-12,17-19H2,1-2H3. The number of likely N-dealkylation sites (tertiary alicyclic amines) is 1. The summed E-state index contributed by atoms with van der Waals surface area (Å²) < 4.78 is 49.6. The lowest BCUT2D eigenvalue weighted by Gasteiger charge is -2.31. The van der Waals surface area contributed by atoms with Gasteiger partial charge in [0, 0.05) is 24.7 Å². The molecule has 0 saturated carbocycles. The van der Waals surface area contributed by atoms with Crippen LogP contribution in [0.3, 0.4) is 0 Å². The molecule has 1 N–H and O–H groups in total. The molecule has 3 aromatic carbocycles. The van der Waals surface area contributed by atoms with Crippen LogP contribution in [-0.2, 0) is 29.7 Å². The van der Waals surface area contributed by atoms with Crippen LogP contribution in [0.25, 0.3) is 0 Å². The lowest BCUT2D eigenvalue weighted by molar-refractivity contribution is 0.172. The zero-order valence-electron chi connectivity index (χ0n) is 22.2. The minimum atomic E-state index is -4.35. The first-order valence-electron chi connectivity index (χ1n) is 12.8. The first-order valence-corrected chi connectivity index (χ1v) is 15.5. The maximum Gasteiger partial charge on any atom is 0.269 e. The molecule has 11 heteroatoms. The number of halogens is 2. The third-order valence-corrected chi connectivity index (χ3v) is 9.99. The van der Waals surface area contributed by atoms with Gasteiger partial charge in [0.25, 0.3) is 10.0 Å². The summed E-state index contributed by atoms with van der Waals surface area (Å²) in [6.45, 7) is 5.30. The number of nitrogens with one attached hydrogen (secondary N) is 1. The van der Waals surface area contributed by atoms with Crippen molar-refractivity contribution >= 4 is 43.8 Å². The molecule has 1 aliphatic heterocycles. The predicted octanol–water partition coefficient (Wildman–Crippen LogP) is 6.47. The molecular weight excluding hydrogens is 571 g/mol. The second kappa shape index (κ2) is 12.1. The Hall–Kier alpha value is -3.18. The summed E-state index contributed by atoms with van der Waals surface area (Å²) in [4.78, 5) is 6.07. The van der Waals surface area contributed by atoms with Gasteiger partial charge in [-0.3, -0.25) is 4.90 Å². The number of hydrogen-bond donors (Lipinski definition) is 1. The van der Waals surface area contributed by atoms with Gasteiger partial charge in [-0.25, -0.2) is 22.1 Å². The van der Waals surface area contributed by atoms with Gasteiger partial charge in [-0.05, 0) is 73.0 Å². The highest BCUT2D eigenvalue weighted by molar-refractivity contribution is 7.93. The van der Waals surface area contributed by atoms with E-state index in [0.29, 0.717) is 18.0 Å². The Kier molecular flexibility index (Phi) is 8.60. The highest BCUT2D eigenvalue weighted by atomic mass is 35.5. The zero-order valence-corrected chi connectivity index (χ0v) is 24.6. The number of aryl methyl sites for hydroxylation is 1. The third kappa shape index (κ3) is 6.10. The summed E-state index contributed by atoms with van der Waals surface area (Å²) in [7, 11) is -2.78. The number of nitrogens with zero attached hydrogens (tertiary/aromatic N) is 3. The van der Waals surface area contributed by atoms with Crippen molar-refractivity contribution in [1.29, 1.82) is 0 Å². The molecule has 0 atom stereocenters. The van der Waals surface area contributed by atoms with Crippen molar-refractivity contribution in [3.8, 4) is 5.75 Å². The van der Waals surface area contributed by atoms with Crippen molar-refractivity contribution in [3.05, 3.63) is 99.3 Å². The number of methoxy groups -OCH3 is 1. The van der Waals surface area contributed by atoms with Gasteiger partial charge in [-0.1, -0.05) is 41.9 Å². The van der Waals surface area contributed by atoms with Crippen LogP contribution in [0.15, 0.2) is 71.1 Å². The minimum absolute atomic E-state index is 0.0312. The Morgan fingerprint density at radius 3 is 2.55 bits per heavy atom. The number of aromatic nitrogens is 1. The molecular formula is C29H30ClFN4O3S2. The van der Waals surface area contributed by atoms with Gasteiger partial charge in [-0.15, -0.1) is 11.3 Å². The van der Waals surface area contributed by atoms with Crippen molar-refractivity contribution in [2.45, 2.75) is 37.9 Å². The molecule has 1 aromatic heterocycles. The minimum Gasteiger partial charge on any atom is -0.497 e. The molecule has 1 saturated heterocycles. The summed E-state index contributed by atoms with van der Waals surface area (Å²) in [6.07, 6.45) is 2.73. The largest absolute Gasteiger partial charge is 0.497 e. The van der Waals surface area contributed by atoms with E-state index in [1.165, 1.54) is 24.2 Å². The van der Waals surface area contributed by atoms with E-state index >= 15 is 4.39 Å². The number of sulfonamides is 1. The summed E-state index contributed by atoms with van der Waals surface area (Å²) in [5.74, 6) is -0.234. The molecule has 210 valence electrons. The van der Waals surface area contributed by atoms with Crippen LogP contribution in [0.2, 0.25) is 5.02 Å². The van der Waals surface area contributed by atoms with E-state index in [2.05, 4.69) is 21.3 Å². The highest BCUT2D eigenvalue weighted by Gasteiger charge is 2.31. The Morgan fingerprint density at radius 2 is 1.90 bits per heavy atom. The fourth-order valence-corrected chi connectivity index (χ4v) is 7.20. The lowest BCUT2D eigenvalue weighted by atomic mass is 10.1. The summed E-state index contributed by atoms with van der Waals surface area (Å²) in [5, 5.41) is 5.21. The van der Waals surface area contributed by atoms with Crippen molar-refractivity contribution in [1.82, 2.24) is 9.88 Å². The van der Waals surface area contributed by atoms with E-state index in [1.807, 2.05) is 31.2 Å². The predicted molar refractivity (Wildman–Crippen MR) is 158 cm³/mol. The SMILES string of the molecule is COc1ccc(CN(c2nccs2)S(=O)(=O)c2cc(Cl)c(NCc3ccccc3CN3CCC3)cc2F)c(C)c1. The average Bonchev–Trinajstić information content (AvgIpc) is 3.45. The third-order valence-electron chi connectivity index (χ3n) is 7.02. The van der Waals surface area contributed by atoms with Crippen molar-refractivity contribution in [2.75, 3.05) is 29.8 Å². The Labute approximate surface area is 243 Å². The quantitative estimate of drug-likeness (QED) is 0.213. The summed E-state index contributed by atoms with van der Waals surface area (Å²) in [6, 6.07) is 15.8. The Balaban J connectivity index is 1.41. The van der Waals surface area contributed by atoms with Crippen LogP contribution < -0.4 is 14.4 Å². The van der Waals surface area contributed by atoms with Crippen molar-refractivity contribution in [3.63, 3.8) is 0 Å². The second-order valence-electron chi connectivity index (χ2n) is 9.63. The zero-order chi connectivity index (χ0) is 28.3. The van der Waals surface area contributed by atoms with Crippen LogP contribution >= 0.6 is 22.9 Å². The Morgan fingerprint density at radius 1 is 1.12 bits per heavy atom. The van der Waals surface area contributed by atoms with E-state index in [4.69, 9.17) is 16.3 Å². The Bertz CT molecular complexity index is 1600. The number of rotatable bonds is 11. The molecule has 0 spiro atoms.